The van der Waals surface area contributed by atoms with E-state index in [1.165, 1.54) is 6.08 Å². The number of epoxide rings is 1. The normalized spacial score (nSPS) is 41.5. The Balaban J connectivity index is 1.82. The van der Waals surface area contributed by atoms with Crippen molar-refractivity contribution in [3.8, 4) is 0 Å². The molecule has 9 heteroatoms. The number of hydrogen-bond donors (Lipinski definition) is 3. The Kier molecular flexibility index (Phi) is 4.67. The summed E-state index contributed by atoms with van der Waals surface area (Å²) in [6.07, 6.45) is -9.86. The smallest absolute Gasteiger partial charge is 0.388 e. The topological polar surface area (TPSA) is 83.5 Å². The highest BCUT2D eigenvalue weighted by molar-refractivity contribution is 4.95. The van der Waals surface area contributed by atoms with E-state index in [1.807, 2.05) is 0 Å². The number of aliphatic hydroxyl groups excluding tert-OH is 2. The van der Waals surface area contributed by atoms with Gasteiger partial charge >= 0.3 is 6.18 Å². The van der Waals surface area contributed by atoms with Crippen molar-refractivity contribution in [1.82, 2.24) is 5.32 Å². The SMILES string of the molecule is C=CCO[C@H]1OC[C@H](NC2OC2C(F)(F)F)[C@H](O)[C@@H]1O. The maximum absolute atomic E-state index is 12.3. The highest BCUT2D eigenvalue weighted by Crippen LogP contribution is 2.36. The molecule has 6 nitrogen and oxygen atoms in total. The van der Waals surface area contributed by atoms with Crippen LogP contribution in [0.4, 0.5) is 13.2 Å². The number of aliphatic hydroxyl groups is 2. The maximum atomic E-state index is 12.3. The number of nitrogens with one attached hydrogen (secondary N) is 1. The standard InChI is InChI=1S/C11H16F3NO5/c1-2-3-18-10-7(17)6(16)5(4-19-10)15-9-8(20-9)11(12,13)14/h2,5-10,15-17H,1,3-4H2/t5-,6-,7-,8?,9?,10-/m0/s1. The van der Waals surface area contributed by atoms with Crippen molar-refractivity contribution >= 4 is 0 Å². The molecule has 2 fully saturated rings. The monoisotopic (exact) mass is 299 g/mol. The Bertz CT molecular complexity index is 353. The van der Waals surface area contributed by atoms with Crippen LogP contribution in [-0.4, -0.2) is 66.5 Å². The van der Waals surface area contributed by atoms with E-state index in [-0.39, 0.29) is 13.2 Å². The summed E-state index contributed by atoms with van der Waals surface area (Å²) in [5.41, 5.74) is 0. The van der Waals surface area contributed by atoms with Gasteiger partial charge in [0.1, 0.15) is 18.4 Å². The van der Waals surface area contributed by atoms with E-state index in [1.54, 1.807) is 0 Å². The van der Waals surface area contributed by atoms with Crippen LogP contribution >= 0.6 is 0 Å². The molecule has 3 N–H and O–H groups in total. The molecule has 0 radical (unpaired) electrons. The van der Waals surface area contributed by atoms with Crippen LogP contribution in [0.1, 0.15) is 0 Å². The van der Waals surface area contributed by atoms with Gasteiger partial charge in [-0.15, -0.1) is 6.58 Å². The maximum Gasteiger partial charge on any atom is 0.418 e. The summed E-state index contributed by atoms with van der Waals surface area (Å²) in [4.78, 5) is 0. The van der Waals surface area contributed by atoms with Crippen molar-refractivity contribution in [2.24, 2.45) is 0 Å². The van der Waals surface area contributed by atoms with Gasteiger partial charge in [-0.05, 0) is 0 Å². The molecule has 2 rings (SSSR count). The molecule has 20 heavy (non-hydrogen) atoms. The minimum atomic E-state index is -4.45. The Labute approximate surface area is 113 Å². The van der Waals surface area contributed by atoms with Crippen molar-refractivity contribution in [2.75, 3.05) is 13.2 Å². The molecule has 0 aromatic heterocycles. The number of hydrogen-bond acceptors (Lipinski definition) is 6. The molecule has 2 heterocycles. The molecule has 0 aromatic carbocycles. The molecule has 0 spiro atoms. The molecule has 0 aliphatic carbocycles. The van der Waals surface area contributed by atoms with Gasteiger partial charge in [0.05, 0.1) is 19.3 Å². The first kappa shape index (κ1) is 15.7. The zero-order valence-corrected chi connectivity index (χ0v) is 10.4. The van der Waals surface area contributed by atoms with Crippen molar-refractivity contribution in [3.05, 3.63) is 12.7 Å². The summed E-state index contributed by atoms with van der Waals surface area (Å²) in [7, 11) is 0. The summed E-state index contributed by atoms with van der Waals surface area (Å²) < 4.78 is 51.5. The van der Waals surface area contributed by atoms with Crippen LogP contribution in [0.2, 0.25) is 0 Å². The van der Waals surface area contributed by atoms with E-state index in [4.69, 9.17) is 9.47 Å². The average Bonchev–Trinajstić information content (AvgIpc) is 3.13. The molecule has 2 aliphatic rings. The van der Waals surface area contributed by atoms with E-state index >= 15 is 0 Å². The molecule has 0 bridgehead atoms. The lowest BCUT2D eigenvalue weighted by molar-refractivity contribution is -0.247. The first-order valence-corrected chi connectivity index (χ1v) is 6.03. The minimum absolute atomic E-state index is 0.107. The summed E-state index contributed by atoms with van der Waals surface area (Å²) in [5, 5.41) is 22.0. The van der Waals surface area contributed by atoms with E-state index in [0.717, 1.165) is 0 Å². The minimum Gasteiger partial charge on any atom is -0.388 e. The number of halogens is 3. The molecular formula is C11H16F3NO5. The fourth-order valence-electron chi connectivity index (χ4n) is 1.95. The summed E-state index contributed by atoms with van der Waals surface area (Å²) in [6.45, 7) is 3.44. The predicted molar refractivity (Wildman–Crippen MR) is 59.5 cm³/mol. The van der Waals surface area contributed by atoms with Gasteiger partial charge in [0.15, 0.2) is 12.4 Å². The van der Waals surface area contributed by atoms with Crippen LogP contribution < -0.4 is 5.32 Å². The summed E-state index contributed by atoms with van der Waals surface area (Å²) in [5.74, 6) is 0. The lowest BCUT2D eigenvalue weighted by Gasteiger charge is -2.37. The Hall–Kier alpha value is -0.710. The van der Waals surface area contributed by atoms with E-state index in [2.05, 4.69) is 16.6 Å². The zero-order valence-electron chi connectivity index (χ0n) is 10.4. The lowest BCUT2D eigenvalue weighted by atomic mass is 10.0. The lowest BCUT2D eigenvalue weighted by Crippen LogP contribution is -2.59. The van der Waals surface area contributed by atoms with Crippen LogP contribution in [0.3, 0.4) is 0 Å². The highest BCUT2D eigenvalue weighted by atomic mass is 19.4. The average molecular weight is 299 g/mol. The predicted octanol–water partition coefficient (Wildman–Crippen LogP) is -0.488. The largest absolute Gasteiger partial charge is 0.418 e. The summed E-state index contributed by atoms with van der Waals surface area (Å²) >= 11 is 0. The highest BCUT2D eigenvalue weighted by Gasteiger charge is 2.59. The molecule has 2 unspecified atom stereocenters. The molecular weight excluding hydrogens is 283 g/mol. The summed E-state index contributed by atoms with van der Waals surface area (Å²) in [6, 6.07) is -0.870. The number of ether oxygens (including phenoxy) is 3. The number of rotatable bonds is 5. The Morgan fingerprint density at radius 1 is 1.35 bits per heavy atom. The Morgan fingerprint density at radius 3 is 2.60 bits per heavy atom. The molecule has 116 valence electrons. The second-order valence-corrected chi connectivity index (χ2v) is 4.60. The van der Waals surface area contributed by atoms with Gasteiger partial charge in [-0.2, -0.15) is 13.2 Å². The fraction of sp³-hybridized carbons (Fsp3) is 0.818. The van der Waals surface area contributed by atoms with Crippen LogP contribution in [0.5, 0.6) is 0 Å². The third-order valence-electron chi connectivity index (χ3n) is 3.05. The van der Waals surface area contributed by atoms with E-state index < -0.39 is 43.0 Å². The van der Waals surface area contributed by atoms with Gasteiger partial charge in [0.25, 0.3) is 0 Å². The fourth-order valence-corrected chi connectivity index (χ4v) is 1.95. The van der Waals surface area contributed by atoms with Gasteiger partial charge in [0.2, 0.25) is 0 Å². The van der Waals surface area contributed by atoms with Crippen LogP contribution in [0, 0.1) is 0 Å². The second kappa shape index (κ2) is 5.96. The van der Waals surface area contributed by atoms with E-state index in [0.29, 0.717) is 0 Å². The van der Waals surface area contributed by atoms with Crippen LogP contribution in [0.25, 0.3) is 0 Å². The number of alkyl halides is 3. The van der Waals surface area contributed by atoms with E-state index in [9.17, 15) is 23.4 Å². The first-order valence-electron chi connectivity index (χ1n) is 6.03. The quantitative estimate of drug-likeness (QED) is 0.469. The molecule has 0 amide bonds. The molecule has 2 aliphatic heterocycles. The molecule has 0 saturated carbocycles. The Morgan fingerprint density at radius 2 is 2.05 bits per heavy atom. The van der Waals surface area contributed by atoms with Gasteiger partial charge in [-0.1, -0.05) is 6.08 Å². The van der Waals surface area contributed by atoms with Crippen molar-refractivity contribution in [2.45, 2.75) is 43.0 Å². The second-order valence-electron chi connectivity index (χ2n) is 4.60. The van der Waals surface area contributed by atoms with Crippen molar-refractivity contribution < 1.29 is 37.6 Å². The van der Waals surface area contributed by atoms with Crippen LogP contribution in [0.15, 0.2) is 12.7 Å². The van der Waals surface area contributed by atoms with Gasteiger partial charge in [-0.25, -0.2) is 0 Å². The van der Waals surface area contributed by atoms with Gasteiger partial charge in [0, 0.05) is 0 Å². The molecule has 0 aromatic rings. The zero-order chi connectivity index (χ0) is 14.9. The first-order chi connectivity index (χ1) is 9.34. The van der Waals surface area contributed by atoms with Gasteiger partial charge < -0.3 is 24.4 Å². The third-order valence-corrected chi connectivity index (χ3v) is 3.05. The molecule has 6 atom stereocenters. The third kappa shape index (κ3) is 3.48. The van der Waals surface area contributed by atoms with Crippen LogP contribution in [-0.2, 0) is 14.2 Å². The van der Waals surface area contributed by atoms with Crippen molar-refractivity contribution in [1.29, 1.82) is 0 Å². The molecule has 2 saturated heterocycles. The van der Waals surface area contributed by atoms with Gasteiger partial charge in [-0.3, -0.25) is 5.32 Å². The van der Waals surface area contributed by atoms with Crippen molar-refractivity contribution in [3.63, 3.8) is 0 Å².